The number of fused-ring (bicyclic) bond motifs is 1. The minimum atomic E-state index is -1.48. The first-order chi connectivity index (χ1) is 11.3. The Morgan fingerprint density at radius 2 is 2.04 bits per heavy atom. The van der Waals surface area contributed by atoms with Crippen LogP contribution in [0.25, 0.3) is 0 Å². The predicted octanol–water partition coefficient (Wildman–Crippen LogP) is 1.50. The highest BCUT2D eigenvalue weighted by molar-refractivity contribution is 8.01. The number of β-lactam (4-membered cyclic amide) rings is 1. The number of benzene rings is 1. The maximum Gasteiger partial charge on any atom is 0.355 e. The molecule has 0 saturated carbocycles. The average Bonchev–Trinajstić information content (AvgIpc) is 2.79. The van der Waals surface area contributed by atoms with Crippen LogP contribution in [0.5, 0.6) is 0 Å². The summed E-state index contributed by atoms with van der Waals surface area (Å²) in [4.78, 5) is 38.0. The molecule has 24 heavy (non-hydrogen) atoms. The predicted molar refractivity (Wildman–Crippen MR) is 89.6 cm³/mol. The van der Waals surface area contributed by atoms with Gasteiger partial charge in [-0.05, 0) is 19.4 Å². The third kappa shape index (κ3) is 2.22. The SMILES string of the molecule is C[C@H]1C(=O)N2[C@@H]1SC(C)(C)[C@]2(NC=O)C(=O)OCc1ccccc1. The fraction of sp³-hybridized carbons (Fsp3) is 0.471. The maximum atomic E-state index is 12.9. The Kier molecular flexibility index (Phi) is 4.07. The highest BCUT2D eigenvalue weighted by Crippen LogP contribution is 2.57. The molecule has 1 aromatic carbocycles. The second-order valence-corrected chi connectivity index (χ2v) is 8.29. The standard InChI is InChI=1S/C17H20N2O4S/c1-11-13(21)19-14(11)24-16(2,3)17(19,18-10-20)15(22)23-9-12-7-5-4-6-8-12/h4-8,10-11,14H,9H2,1-3H3,(H,18,20)/t11-,14+,17-/m0/s1. The number of ether oxygens (including phenoxy) is 1. The van der Waals surface area contributed by atoms with Gasteiger partial charge in [-0.25, -0.2) is 4.79 Å². The minimum absolute atomic E-state index is 0.0883. The van der Waals surface area contributed by atoms with Crippen molar-refractivity contribution in [3.05, 3.63) is 35.9 Å². The Hall–Kier alpha value is -2.02. The van der Waals surface area contributed by atoms with Gasteiger partial charge in [0, 0.05) is 0 Å². The summed E-state index contributed by atoms with van der Waals surface area (Å²) in [5.74, 6) is -0.936. The summed E-state index contributed by atoms with van der Waals surface area (Å²) in [5.41, 5.74) is -0.641. The topological polar surface area (TPSA) is 75.7 Å². The lowest BCUT2D eigenvalue weighted by Gasteiger charge is -2.49. The number of carbonyl (C=O) groups is 3. The number of nitrogens with zero attached hydrogens (tertiary/aromatic N) is 1. The highest BCUT2D eigenvalue weighted by Gasteiger charge is 2.72. The lowest BCUT2D eigenvalue weighted by molar-refractivity contribution is -0.181. The molecule has 0 aliphatic carbocycles. The lowest BCUT2D eigenvalue weighted by atomic mass is 9.87. The van der Waals surface area contributed by atoms with Crippen LogP contribution in [0.4, 0.5) is 0 Å². The number of amides is 2. The third-order valence-electron chi connectivity index (χ3n) is 4.73. The molecule has 0 unspecified atom stereocenters. The molecule has 3 rings (SSSR count). The quantitative estimate of drug-likeness (QED) is 0.496. The molecule has 2 saturated heterocycles. The molecule has 2 aliphatic heterocycles. The molecule has 1 N–H and O–H groups in total. The molecule has 0 aromatic heterocycles. The summed E-state index contributed by atoms with van der Waals surface area (Å²) < 4.78 is 4.77. The van der Waals surface area contributed by atoms with E-state index in [1.54, 1.807) is 0 Å². The van der Waals surface area contributed by atoms with Gasteiger partial charge in [0.25, 0.3) is 0 Å². The van der Waals surface area contributed by atoms with Crippen LogP contribution in [0.2, 0.25) is 0 Å². The summed E-state index contributed by atoms with van der Waals surface area (Å²) in [7, 11) is 0. The van der Waals surface area contributed by atoms with Crippen LogP contribution in [-0.4, -0.2) is 39.0 Å². The zero-order chi connectivity index (χ0) is 17.5. The zero-order valence-electron chi connectivity index (χ0n) is 13.8. The molecule has 0 radical (unpaired) electrons. The van der Waals surface area contributed by atoms with E-state index in [4.69, 9.17) is 4.74 Å². The second kappa shape index (κ2) is 5.81. The van der Waals surface area contributed by atoms with Crippen molar-refractivity contribution in [1.82, 2.24) is 10.2 Å². The van der Waals surface area contributed by atoms with Gasteiger partial charge < -0.3 is 10.1 Å². The number of esters is 1. The maximum absolute atomic E-state index is 12.9. The number of hydrogen-bond acceptors (Lipinski definition) is 5. The third-order valence-corrected chi connectivity index (χ3v) is 6.48. The molecule has 128 valence electrons. The van der Waals surface area contributed by atoms with Crippen molar-refractivity contribution in [2.45, 2.75) is 43.2 Å². The zero-order valence-corrected chi connectivity index (χ0v) is 14.6. The first kappa shape index (κ1) is 16.8. The van der Waals surface area contributed by atoms with Crippen molar-refractivity contribution in [1.29, 1.82) is 0 Å². The van der Waals surface area contributed by atoms with Gasteiger partial charge in [-0.1, -0.05) is 37.3 Å². The number of nitrogens with one attached hydrogen (secondary N) is 1. The first-order valence-corrected chi connectivity index (χ1v) is 8.66. The van der Waals surface area contributed by atoms with Crippen LogP contribution in [0.15, 0.2) is 30.3 Å². The fourth-order valence-corrected chi connectivity index (χ4v) is 5.06. The first-order valence-electron chi connectivity index (χ1n) is 7.78. The Morgan fingerprint density at radius 3 is 2.67 bits per heavy atom. The number of carbonyl (C=O) groups excluding carboxylic acids is 3. The summed E-state index contributed by atoms with van der Waals surface area (Å²) in [6, 6.07) is 9.29. The van der Waals surface area contributed by atoms with E-state index in [-0.39, 0.29) is 23.8 Å². The van der Waals surface area contributed by atoms with E-state index in [1.807, 2.05) is 51.1 Å². The molecule has 6 nitrogen and oxygen atoms in total. The normalized spacial score (nSPS) is 30.3. The van der Waals surface area contributed by atoms with Gasteiger partial charge in [0.1, 0.15) is 6.61 Å². The minimum Gasteiger partial charge on any atom is -0.458 e. The van der Waals surface area contributed by atoms with Crippen molar-refractivity contribution in [2.24, 2.45) is 5.92 Å². The number of rotatable bonds is 5. The summed E-state index contributed by atoms with van der Waals surface area (Å²) >= 11 is 1.51. The van der Waals surface area contributed by atoms with Gasteiger partial charge >= 0.3 is 5.97 Å². The average molecular weight is 348 g/mol. The van der Waals surface area contributed by atoms with Crippen LogP contribution >= 0.6 is 11.8 Å². The summed E-state index contributed by atoms with van der Waals surface area (Å²) in [6.07, 6.45) is 0.463. The van der Waals surface area contributed by atoms with E-state index >= 15 is 0 Å². The molecule has 0 spiro atoms. The van der Waals surface area contributed by atoms with Crippen molar-refractivity contribution in [3.63, 3.8) is 0 Å². The molecular weight excluding hydrogens is 328 g/mol. The Bertz CT molecular complexity index is 678. The van der Waals surface area contributed by atoms with Gasteiger partial charge in [-0.2, -0.15) is 0 Å². The summed E-state index contributed by atoms with van der Waals surface area (Å²) in [5, 5.41) is 2.46. The van der Waals surface area contributed by atoms with Crippen LogP contribution < -0.4 is 5.32 Å². The van der Waals surface area contributed by atoms with Gasteiger partial charge in [-0.3, -0.25) is 14.5 Å². The van der Waals surface area contributed by atoms with Crippen molar-refractivity contribution < 1.29 is 19.1 Å². The van der Waals surface area contributed by atoms with Crippen LogP contribution in [0, 0.1) is 5.92 Å². The Balaban J connectivity index is 1.88. The lowest BCUT2D eigenvalue weighted by Crippen LogP contribution is -2.76. The second-order valence-electron chi connectivity index (χ2n) is 6.55. The molecule has 3 atom stereocenters. The van der Waals surface area contributed by atoms with E-state index in [1.165, 1.54) is 16.7 Å². The van der Waals surface area contributed by atoms with Crippen molar-refractivity contribution in [2.75, 3.05) is 0 Å². The molecule has 2 aliphatic rings. The number of hydrogen-bond donors (Lipinski definition) is 1. The van der Waals surface area contributed by atoms with Crippen LogP contribution in [0.3, 0.4) is 0 Å². The van der Waals surface area contributed by atoms with Gasteiger partial charge in [0.05, 0.1) is 16.0 Å². The Morgan fingerprint density at radius 1 is 1.38 bits per heavy atom. The van der Waals surface area contributed by atoms with Crippen molar-refractivity contribution >= 4 is 30.0 Å². The van der Waals surface area contributed by atoms with E-state index < -0.39 is 16.4 Å². The molecular formula is C17H20N2O4S. The smallest absolute Gasteiger partial charge is 0.355 e. The van der Waals surface area contributed by atoms with E-state index in [0.717, 1.165) is 5.56 Å². The molecule has 2 amide bonds. The van der Waals surface area contributed by atoms with Crippen molar-refractivity contribution in [3.8, 4) is 0 Å². The number of thioether (sulfide) groups is 1. The molecule has 2 fully saturated rings. The van der Waals surface area contributed by atoms with E-state index in [9.17, 15) is 14.4 Å². The molecule has 1 aromatic rings. The molecule has 7 heteroatoms. The monoisotopic (exact) mass is 348 g/mol. The fourth-order valence-electron chi connectivity index (χ4n) is 3.36. The van der Waals surface area contributed by atoms with Crippen LogP contribution in [0.1, 0.15) is 26.3 Å². The largest absolute Gasteiger partial charge is 0.458 e. The van der Waals surface area contributed by atoms with Gasteiger partial charge in [-0.15, -0.1) is 11.8 Å². The molecule has 0 bridgehead atoms. The van der Waals surface area contributed by atoms with Crippen LogP contribution in [-0.2, 0) is 25.7 Å². The molecule has 2 heterocycles. The highest BCUT2D eigenvalue weighted by atomic mass is 32.2. The Labute approximate surface area is 144 Å². The van der Waals surface area contributed by atoms with Gasteiger partial charge in [0.2, 0.25) is 18.0 Å². The van der Waals surface area contributed by atoms with Gasteiger partial charge in [0.15, 0.2) is 0 Å². The summed E-state index contributed by atoms with van der Waals surface area (Å²) in [6.45, 7) is 5.61. The van der Waals surface area contributed by atoms with E-state index in [2.05, 4.69) is 5.32 Å². The van der Waals surface area contributed by atoms with E-state index in [0.29, 0.717) is 6.41 Å².